The van der Waals surface area contributed by atoms with E-state index in [9.17, 15) is 0 Å². The molecule has 0 spiro atoms. The molecule has 0 aliphatic heterocycles. The second kappa shape index (κ2) is 5.77. The van der Waals surface area contributed by atoms with Crippen LogP contribution in [0.4, 0.5) is 0 Å². The fourth-order valence-electron chi connectivity index (χ4n) is 2.39. The number of aryl methyl sites for hydroxylation is 2. The molecule has 0 saturated carbocycles. The predicted octanol–water partition coefficient (Wildman–Crippen LogP) is 6.07. The molecule has 2 rings (SSSR count). The summed E-state index contributed by atoms with van der Waals surface area (Å²) in [6, 6.07) is 11.0. The molecule has 0 N–H and O–H groups in total. The summed E-state index contributed by atoms with van der Waals surface area (Å²) in [4.78, 5) is 0.193. The van der Waals surface area contributed by atoms with Crippen LogP contribution in [0.3, 0.4) is 0 Å². The zero-order chi connectivity index (χ0) is 14.9. The van der Waals surface area contributed by atoms with Crippen molar-refractivity contribution in [3.05, 3.63) is 58.5 Å². The average molecular weight is 335 g/mol. The summed E-state index contributed by atoms with van der Waals surface area (Å²) < 4.78 is 5.62. The lowest BCUT2D eigenvalue weighted by Crippen LogP contribution is -2.15. The molecule has 1 aromatic carbocycles. The van der Waals surface area contributed by atoms with Gasteiger partial charge in [-0.15, -0.1) is 0 Å². The Bertz CT molecular complexity index is 578. The second-order valence-electron chi connectivity index (χ2n) is 6.09. The summed E-state index contributed by atoms with van der Waals surface area (Å²) in [5, 5.41) is 0. The van der Waals surface area contributed by atoms with Crippen LogP contribution < -0.4 is 0 Å². The summed E-state index contributed by atoms with van der Waals surface area (Å²) in [7, 11) is 0. The molecule has 0 radical (unpaired) electrons. The van der Waals surface area contributed by atoms with Crippen LogP contribution in [0.15, 0.2) is 34.7 Å². The topological polar surface area (TPSA) is 13.1 Å². The molecule has 0 saturated heterocycles. The first kappa shape index (κ1) is 15.4. The third-order valence-electron chi connectivity index (χ3n) is 4.22. The summed E-state index contributed by atoms with van der Waals surface area (Å²) in [5.41, 5.74) is 4.11. The highest BCUT2D eigenvalue weighted by atomic mass is 79.9. The zero-order valence-electron chi connectivity index (χ0n) is 13.0. The first-order valence-corrected chi connectivity index (χ1v) is 8.08. The molecule has 0 aliphatic rings. The van der Waals surface area contributed by atoms with Gasteiger partial charge in [0.25, 0.3) is 0 Å². The molecule has 1 unspecified atom stereocenters. The van der Waals surface area contributed by atoms with Gasteiger partial charge in [0.1, 0.15) is 11.5 Å². The van der Waals surface area contributed by atoms with E-state index in [4.69, 9.17) is 4.42 Å². The van der Waals surface area contributed by atoms with Gasteiger partial charge in [0.05, 0.1) is 4.83 Å². The van der Waals surface area contributed by atoms with Crippen molar-refractivity contribution in [2.45, 2.75) is 51.3 Å². The van der Waals surface area contributed by atoms with Gasteiger partial charge in [0.15, 0.2) is 0 Å². The van der Waals surface area contributed by atoms with E-state index in [0.29, 0.717) is 0 Å². The Balaban J connectivity index is 2.28. The number of hydrogen-bond acceptors (Lipinski definition) is 1. The Morgan fingerprint density at radius 1 is 1.15 bits per heavy atom. The molecule has 0 fully saturated rings. The van der Waals surface area contributed by atoms with Gasteiger partial charge in [0.2, 0.25) is 0 Å². The monoisotopic (exact) mass is 334 g/mol. The smallest absolute Gasteiger partial charge is 0.105 e. The van der Waals surface area contributed by atoms with E-state index in [-0.39, 0.29) is 10.2 Å². The molecule has 0 aliphatic carbocycles. The molecular weight excluding hydrogens is 312 g/mol. The van der Waals surface area contributed by atoms with Crippen molar-refractivity contribution in [2.75, 3.05) is 0 Å². The molecule has 2 heteroatoms. The number of halogens is 1. The van der Waals surface area contributed by atoms with E-state index in [0.717, 1.165) is 17.9 Å². The Morgan fingerprint density at radius 2 is 1.75 bits per heavy atom. The van der Waals surface area contributed by atoms with Gasteiger partial charge >= 0.3 is 0 Å². The first-order valence-electron chi connectivity index (χ1n) is 7.16. The van der Waals surface area contributed by atoms with Crippen molar-refractivity contribution in [1.29, 1.82) is 0 Å². The molecule has 1 atom stereocenters. The number of furan rings is 1. The second-order valence-corrected chi connectivity index (χ2v) is 7.01. The van der Waals surface area contributed by atoms with Crippen LogP contribution >= 0.6 is 15.9 Å². The van der Waals surface area contributed by atoms with E-state index >= 15 is 0 Å². The molecule has 1 heterocycles. The lowest BCUT2D eigenvalue weighted by molar-refractivity contribution is 0.501. The minimum absolute atomic E-state index is 0.193. The van der Waals surface area contributed by atoms with E-state index in [2.05, 4.69) is 67.0 Å². The fraction of sp³-hybridized carbons (Fsp3) is 0.444. The van der Waals surface area contributed by atoms with Crippen LogP contribution in [0.5, 0.6) is 0 Å². The van der Waals surface area contributed by atoms with Crippen molar-refractivity contribution in [1.82, 2.24) is 0 Å². The minimum Gasteiger partial charge on any atom is -0.466 e. The lowest BCUT2D eigenvalue weighted by atomic mass is 9.82. The van der Waals surface area contributed by atoms with Crippen LogP contribution in [-0.2, 0) is 5.41 Å². The summed E-state index contributed by atoms with van der Waals surface area (Å²) >= 11 is 3.79. The van der Waals surface area contributed by atoms with E-state index in [1.54, 1.807) is 0 Å². The number of hydrogen-bond donors (Lipinski definition) is 0. The Labute approximate surface area is 130 Å². The zero-order valence-corrected chi connectivity index (χ0v) is 14.5. The van der Waals surface area contributed by atoms with Gasteiger partial charge in [0, 0.05) is 5.56 Å². The van der Waals surface area contributed by atoms with Gasteiger partial charge in [-0.2, -0.15) is 0 Å². The third kappa shape index (κ3) is 3.01. The van der Waals surface area contributed by atoms with E-state index in [1.807, 2.05) is 13.8 Å². The van der Waals surface area contributed by atoms with Gasteiger partial charge in [-0.25, -0.2) is 0 Å². The molecule has 1 nitrogen and oxygen atoms in total. The van der Waals surface area contributed by atoms with Crippen molar-refractivity contribution >= 4 is 15.9 Å². The summed E-state index contributed by atoms with van der Waals surface area (Å²) in [5.74, 6) is 1.95. The SMILES string of the molecule is CCC(C)(C)c1ccc(C(Br)c2cc(C)oc2C)cc1. The van der Waals surface area contributed by atoms with Gasteiger partial charge < -0.3 is 4.42 Å². The van der Waals surface area contributed by atoms with Crippen molar-refractivity contribution in [2.24, 2.45) is 0 Å². The maximum Gasteiger partial charge on any atom is 0.105 e. The molecule has 20 heavy (non-hydrogen) atoms. The molecule has 2 aromatic rings. The highest BCUT2D eigenvalue weighted by Crippen LogP contribution is 2.35. The summed E-state index contributed by atoms with van der Waals surface area (Å²) in [6.45, 7) is 10.8. The highest BCUT2D eigenvalue weighted by molar-refractivity contribution is 9.09. The average Bonchev–Trinajstić information content (AvgIpc) is 2.77. The summed E-state index contributed by atoms with van der Waals surface area (Å²) in [6.07, 6.45) is 1.14. The largest absolute Gasteiger partial charge is 0.466 e. The number of benzene rings is 1. The van der Waals surface area contributed by atoms with Gasteiger partial charge in [-0.05, 0) is 42.9 Å². The van der Waals surface area contributed by atoms with Crippen LogP contribution in [0.25, 0.3) is 0 Å². The van der Waals surface area contributed by atoms with Crippen LogP contribution in [0, 0.1) is 13.8 Å². The van der Waals surface area contributed by atoms with Crippen molar-refractivity contribution in [3.63, 3.8) is 0 Å². The number of rotatable bonds is 4. The molecule has 1 aromatic heterocycles. The standard InChI is InChI=1S/C18H23BrO/c1-6-18(4,5)15-9-7-14(8-10-15)17(19)16-11-12(2)20-13(16)3/h7-11,17H,6H2,1-5H3. The van der Waals surface area contributed by atoms with Crippen LogP contribution in [-0.4, -0.2) is 0 Å². The van der Waals surface area contributed by atoms with Crippen molar-refractivity contribution in [3.8, 4) is 0 Å². The maximum absolute atomic E-state index is 5.62. The molecule has 0 amide bonds. The van der Waals surface area contributed by atoms with Gasteiger partial charge in [-0.3, -0.25) is 0 Å². The third-order valence-corrected chi connectivity index (χ3v) is 5.24. The first-order chi connectivity index (χ1) is 9.35. The normalized spacial score (nSPS) is 13.5. The van der Waals surface area contributed by atoms with E-state index in [1.165, 1.54) is 16.7 Å². The van der Waals surface area contributed by atoms with Gasteiger partial charge in [-0.1, -0.05) is 61.0 Å². The molecule has 0 bridgehead atoms. The molecule has 108 valence electrons. The highest BCUT2D eigenvalue weighted by Gasteiger charge is 2.20. The van der Waals surface area contributed by atoms with Crippen LogP contribution in [0.1, 0.15) is 60.2 Å². The Morgan fingerprint density at radius 3 is 2.20 bits per heavy atom. The van der Waals surface area contributed by atoms with E-state index < -0.39 is 0 Å². The Hall–Kier alpha value is -1.02. The maximum atomic E-state index is 5.62. The van der Waals surface area contributed by atoms with Crippen LogP contribution in [0.2, 0.25) is 0 Å². The Kier molecular flexibility index (Phi) is 4.43. The quantitative estimate of drug-likeness (QED) is 0.618. The number of alkyl halides is 1. The fourth-order valence-corrected chi connectivity index (χ4v) is 3.15. The molecular formula is C18H23BrO. The lowest BCUT2D eigenvalue weighted by Gasteiger charge is -2.23. The van der Waals surface area contributed by atoms with Crippen molar-refractivity contribution < 1.29 is 4.42 Å². The predicted molar refractivity (Wildman–Crippen MR) is 88.7 cm³/mol. The minimum atomic E-state index is 0.193.